The van der Waals surface area contributed by atoms with Gasteiger partial charge in [0.1, 0.15) is 23.0 Å². The Morgan fingerprint density at radius 2 is 1.46 bits per heavy atom. The Hall–Kier alpha value is -2.24. The third kappa shape index (κ3) is 5.13. The van der Waals surface area contributed by atoms with E-state index < -0.39 is 0 Å². The smallest absolute Gasteiger partial charge is 0.134 e. The Balaban J connectivity index is 1.56. The van der Waals surface area contributed by atoms with Gasteiger partial charge in [-0.2, -0.15) is 0 Å². The van der Waals surface area contributed by atoms with Gasteiger partial charge in [-0.3, -0.25) is 0 Å². The lowest BCUT2D eigenvalue weighted by atomic mass is 10.1. The van der Waals surface area contributed by atoms with Crippen molar-refractivity contribution in [2.75, 3.05) is 34.4 Å². The number of likely N-dealkylation sites (tertiary alicyclic amines) is 1. The van der Waals surface area contributed by atoms with Crippen LogP contribution in [0, 0.1) is 0 Å². The Labute approximate surface area is 155 Å². The van der Waals surface area contributed by atoms with Gasteiger partial charge in [0, 0.05) is 30.8 Å². The van der Waals surface area contributed by atoms with Crippen molar-refractivity contribution in [1.29, 1.82) is 0 Å². The van der Waals surface area contributed by atoms with Gasteiger partial charge in [0.15, 0.2) is 0 Å². The molecule has 0 amide bonds. The van der Waals surface area contributed by atoms with Crippen molar-refractivity contribution in [3.05, 3.63) is 48.0 Å². The van der Waals surface area contributed by atoms with E-state index in [1.807, 2.05) is 30.3 Å². The standard InChI is InChI=1S/C21H28N2O3/c1-23-10-8-17(9-11-23)22-15-16-4-6-18(7-5-16)26-21-13-19(24-2)12-20(14-21)25-3/h4-7,12-14,17,22H,8-11,15H2,1-3H3. The van der Waals surface area contributed by atoms with Crippen LogP contribution in [0.3, 0.4) is 0 Å². The Bertz CT molecular complexity index is 673. The van der Waals surface area contributed by atoms with Gasteiger partial charge in [0.25, 0.3) is 0 Å². The lowest BCUT2D eigenvalue weighted by Gasteiger charge is -2.29. The van der Waals surface area contributed by atoms with Gasteiger partial charge in [-0.1, -0.05) is 12.1 Å². The fourth-order valence-corrected chi connectivity index (χ4v) is 3.13. The van der Waals surface area contributed by atoms with Crippen molar-refractivity contribution in [2.24, 2.45) is 0 Å². The quantitative estimate of drug-likeness (QED) is 0.820. The van der Waals surface area contributed by atoms with Crippen LogP contribution < -0.4 is 19.5 Å². The van der Waals surface area contributed by atoms with Crippen LogP contribution in [0.15, 0.2) is 42.5 Å². The maximum Gasteiger partial charge on any atom is 0.134 e. The molecule has 1 saturated heterocycles. The van der Waals surface area contributed by atoms with Crippen molar-refractivity contribution in [2.45, 2.75) is 25.4 Å². The molecule has 3 rings (SSSR count). The summed E-state index contributed by atoms with van der Waals surface area (Å²) in [7, 11) is 5.45. The number of nitrogens with zero attached hydrogens (tertiary/aromatic N) is 1. The molecule has 1 aliphatic heterocycles. The molecule has 5 heteroatoms. The second-order valence-corrected chi connectivity index (χ2v) is 6.75. The summed E-state index contributed by atoms with van der Waals surface area (Å²) in [5.41, 5.74) is 1.26. The average molecular weight is 356 g/mol. The van der Waals surface area contributed by atoms with Crippen LogP contribution >= 0.6 is 0 Å². The lowest BCUT2D eigenvalue weighted by molar-refractivity contribution is 0.234. The molecule has 1 N–H and O–H groups in total. The van der Waals surface area contributed by atoms with E-state index in [-0.39, 0.29) is 0 Å². The van der Waals surface area contributed by atoms with E-state index in [9.17, 15) is 0 Å². The first-order chi connectivity index (χ1) is 12.7. The third-order valence-electron chi connectivity index (χ3n) is 4.80. The van der Waals surface area contributed by atoms with Gasteiger partial charge in [0.05, 0.1) is 14.2 Å². The maximum absolute atomic E-state index is 5.94. The van der Waals surface area contributed by atoms with Crippen molar-refractivity contribution in [3.8, 4) is 23.0 Å². The maximum atomic E-state index is 5.94. The van der Waals surface area contributed by atoms with Crippen LogP contribution in [0.25, 0.3) is 0 Å². The summed E-state index contributed by atoms with van der Waals surface area (Å²) in [6, 6.07) is 14.3. The molecular formula is C21H28N2O3. The van der Waals surface area contributed by atoms with Crippen molar-refractivity contribution in [3.63, 3.8) is 0 Å². The van der Waals surface area contributed by atoms with Crippen LogP contribution in [0.5, 0.6) is 23.0 Å². The monoisotopic (exact) mass is 356 g/mol. The van der Waals surface area contributed by atoms with Gasteiger partial charge >= 0.3 is 0 Å². The first-order valence-corrected chi connectivity index (χ1v) is 9.08. The molecule has 0 bridgehead atoms. The number of hydrogen-bond donors (Lipinski definition) is 1. The molecule has 1 fully saturated rings. The van der Waals surface area contributed by atoms with E-state index in [2.05, 4.69) is 29.4 Å². The van der Waals surface area contributed by atoms with Gasteiger partial charge < -0.3 is 24.4 Å². The number of hydrogen-bond acceptors (Lipinski definition) is 5. The molecule has 0 unspecified atom stereocenters. The Morgan fingerprint density at radius 3 is 2.04 bits per heavy atom. The molecule has 2 aromatic carbocycles. The number of piperidine rings is 1. The van der Waals surface area contributed by atoms with Crippen LogP contribution in [0.1, 0.15) is 18.4 Å². The number of methoxy groups -OCH3 is 2. The topological polar surface area (TPSA) is 43.0 Å². The fraction of sp³-hybridized carbons (Fsp3) is 0.429. The predicted octanol–water partition coefficient (Wildman–Crippen LogP) is 3.68. The highest BCUT2D eigenvalue weighted by Crippen LogP contribution is 2.30. The highest BCUT2D eigenvalue weighted by atomic mass is 16.5. The molecule has 0 aliphatic carbocycles. The first-order valence-electron chi connectivity index (χ1n) is 9.08. The number of benzene rings is 2. The van der Waals surface area contributed by atoms with Crippen LogP contribution in [0.2, 0.25) is 0 Å². The van der Waals surface area contributed by atoms with Gasteiger partial charge in [-0.15, -0.1) is 0 Å². The molecule has 0 aromatic heterocycles. The molecule has 26 heavy (non-hydrogen) atoms. The van der Waals surface area contributed by atoms with Crippen LogP contribution in [-0.4, -0.2) is 45.3 Å². The Kier molecular flexibility index (Phi) is 6.36. The van der Waals surface area contributed by atoms with E-state index in [0.717, 1.165) is 12.3 Å². The van der Waals surface area contributed by atoms with Gasteiger partial charge in [-0.05, 0) is 50.7 Å². The number of rotatable bonds is 7. The van der Waals surface area contributed by atoms with E-state index in [0.29, 0.717) is 23.3 Å². The number of ether oxygens (including phenoxy) is 3. The third-order valence-corrected chi connectivity index (χ3v) is 4.80. The zero-order valence-electron chi connectivity index (χ0n) is 15.8. The molecule has 2 aromatic rings. The van der Waals surface area contributed by atoms with Crippen LogP contribution in [-0.2, 0) is 6.54 Å². The predicted molar refractivity (Wildman–Crippen MR) is 103 cm³/mol. The Morgan fingerprint density at radius 1 is 0.885 bits per heavy atom. The molecule has 0 spiro atoms. The average Bonchev–Trinajstić information content (AvgIpc) is 2.68. The minimum Gasteiger partial charge on any atom is -0.496 e. The second kappa shape index (κ2) is 8.92. The fourth-order valence-electron chi connectivity index (χ4n) is 3.13. The summed E-state index contributed by atoms with van der Waals surface area (Å²) >= 11 is 0. The molecular weight excluding hydrogens is 328 g/mol. The summed E-state index contributed by atoms with van der Waals surface area (Å²) in [4.78, 5) is 2.39. The minimum absolute atomic E-state index is 0.617. The van der Waals surface area contributed by atoms with E-state index in [4.69, 9.17) is 14.2 Å². The van der Waals surface area contributed by atoms with Crippen LogP contribution in [0.4, 0.5) is 0 Å². The summed E-state index contributed by atoms with van der Waals surface area (Å²) < 4.78 is 16.5. The summed E-state index contributed by atoms with van der Waals surface area (Å²) in [5, 5.41) is 3.66. The van der Waals surface area contributed by atoms with E-state index in [1.165, 1.54) is 31.5 Å². The minimum atomic E-state index is 0.617. The lowest BCUT2D eigenvalue weighted by Crippen LogP contribution is -2.40. The van der Waals surface area contributed by atoms with E-state index >= 15 is 0 Å². The first kappa shape index (κ1) is 18.5. The van der Waals surface area contributed by atoms with Crippen molar-refractivity contribution < 1.29 is 14.2 Å². The van der Waals surface area contributed by atoms with Gasteiger partial charge in [0.2, 0.25) is 0 Å². The van der Waals surface area contributed by atoms with Crippen molar-refractivity contribution in [1.82, 2.24) is 10.2 Å². The summed E-state index contributed by atoms with van der Waals surface area (Å²) in [6.07, 6.45) is 2.44. The molecule has 140 valence electrons. The van der Waals surface area contributed by atoms with E-state index in [1.54, 1.807) is 14.2 Å². The second-order valence-electron chi connectivity index (χ2n) is 6.75. The summed E-state index contributed by atoms with van der Waals surface area (Å²) in [5.74, 6) is 2.90. The molecule has 5 nitrogen and oxygen atoms in total. The molecule has 0 saturated carbocycles. The highest BCUT2D eigenvalue weighted by Gasteiger charge is 2.15. The zero-order valence-corrected chi connectivity index (χ0v) is 15.8. The highest BCUT2D eigenvalue weighted by molar-refractivity contribution is 5.44. The molecule has 1 heterocycles. The normalized spacial score (nSPS) is 15.7. The number of nitrogens with one attached hydrogen (secondary N) is 1. The molecule has 0 atom stereocenters. The zero-order chi connectivity index (χ0) is 18.4. The largest absolute Gasteiger partial charge is 0.496 e. The van der Waals surface area contributed by atoms with Gasteiger partial charge in [-0.25, -0.2) is 0 Å². The molecule has 0 radical (unpaired) electrons. The SMILES string of the molecule is COc1cc(OC)cc(Oc2ccc(CNC3CCN(C)CC3)cc2)c1. The molecule has 1 aliphatic rings. The summed E-state index contributed by atoms with van der Waals surface area (Å²) in [6.45, 7) is 3.24. The van der Waals surface area contributed by atoms with Crippen molar-refractivity contribution >= 4 is 0 Å².